The lowest BCUT2D eigenvalue weighted by molar-refractivity contribution is 0.0507. The van der Waals surface area contributed by atoms with Crippen molar-refractivity contribution < 1.29 is 9.53 Å². The summed E-state index contributed by atoms with van der Waals surface area (Å²) in [6.07, 6.45) is 5.03. The number of rotatable bonds is 5. The molecule has 0 saturated carbocycles. The molecule has 0 radical (unpaired) electrons. The molecule has 0 unspecified atom stereocenters. The molecule has 1 atom stereocenters. The van der Waals surface area contributed by atoms with E-state index in [2.05, 4.69) is 33.5 Å². The van der Waals surface area contributed by atoms with Crippen molar-refractivity contribution in [2.24, 2.45) is 4.99 Å². The van der Waals surface area contributed by atoms with E-state index >= 15 is 0 Å². The monoisotopic (exact) mass is 361 g/mol. The summed E-state index contributed by atoms with van der Waals surface area (Å²) in [6, 6.07) is 4.08. The Hall–Kier alpha value is -2.31. The fraction of sp³-hybridized carbons (Fsp3) is 0.632. The molecule has 1 aliphatic heterocycles. The molecular formula is C19H31N5O2. The number of pyridine rings is 1. The summed E-state index contributed by atoms with van der Waals surface area (Å²) in [4.78, 5) is 23.0. The zero-order valence-corrected chi connectivity index (χ0v) is 16.3. The first-order valence-electron chi connectivity index (χ1n) is 9.29. The number of carbonyl (C=O) groups excluding carboxylic acids is 1. The number of aromatic nitrogens is 1. The molecule has 1 aliphatic rings. The van der Waals surface area contributed by atoms with E-state index < -0.39 is 5.60 Å². The molecule has 2 heterocycles. The average Bonchev–Trinajstić information content (AvgIpc) is 3.01. The Labute approximate surface area is 156 Å². The summed E-state index contributed by atoms with van der Waals surface area (Å²) >= 11 is 0. The second-order valence-electron chi connectivity index (χ2n) is 7.42. The maximum atomic E-state index is 11.9. The van der Waals surface area contributed by atoms with E-state index in [4.69, 9.17) is 9.73 Å². The summed E-state index contributed by atoms with van der Waals surface area (Å²) in [5.74, 6) is 0.893. The maximum absolute atomic E-state index is 11.9. The highest BCUT2D eigenvalue weighted by Gasteiger charge is 2.27. The lowest BCUT2D eigenvalue weighted by atomic mass is 10.2. The number of ether oxygens (including phenoxy) is 1. The van der Waals surface area contributed by atoms with Crippen LogP contribution in [0.15, 0.2) is 29.5 Å². The molecule has 0 aromatic carbocycles. The van der Waals surface area contributed by atoms with Crippen molar-refractivity contribution in [3.05, 3.63) is 30.1 Å². The molecule has 0 aliphatic carbocycles. The first-order valence-corrected chi connectivity index (χ1v) is 9.29. The molecule has 2 rings (SSSR count). The predicted molar refractivity (Wildman–Crippen MR) is 103 cm³/mol. The van der Waals surface area contributed by atoms with Crippen molar-refractivity contribution in [1.29, 1.82) is 0 Å². The number of nitrogens with one attached hydrogen (secondary N) is 2. The molecule has 1 saturated heterocycles. The van der Waals surface area contributed by atoms with Crippen molar-refractivity contribution >= 4 is 12.1 Å². The minimum atomic E-state index is -0.481. The first-order chi connectivity index (χ1) is 12.4. The number of hydrogen-bond acceptors (Lipinski definition) is 4. The summed E-state index contributed by atoms with van der Waals surface area (Å²) in [5.41, 5.74) is 0.698. The molecule has 144 valence electrons. The van der Waals surface area contributed by atoms with Crippen LogP contribution in [0.4, 0.5) is 4.79 Å². The van der Waals surface area contributed by atoms with Gasteiger partial charge in [-0.05, 0) is 52.2 Å². The van der Waals surface area contributed by atoms with Gasteiger partial charge in [-0.2, -0.15) is 0 Å². The SMILES string of the molecule is CCNC(=NCCc1cccnc1)N1CC[C@@H](NC(=O)OC(C)(C)C)C1. The summed E-state index contributed by atoms with van der Waals surface area (Å²) in [5, 5.41) is 6.29. The van der Waals surface area contributed by atoms with Crippen LogP contribution in [0.1, 0.15) is 39.7 Å². The Morgan fingerprint density at radius 3 is 2.92 bits per heavy atom. The first kappa shape index (κ1) is 20.0. The molecule has 1 amide bonds. The van der Waals surface area contributed by atoms with Gasteiger partial charge >= 0.3 is 6.09 Å². The quantitative estimate of drug-likeness (QED) is 0.621. The fourth-order valence-corrected chi connectivity index (χ4v) is 2.81. The van der Waals surface area contributed by atoms with Crippen molar-refractivity contribution in [3.8, 4) is 0 Å². The standard InChI is InChI=1S/C19H31N5O2/c1-5-21-17(22-11-8-15-7-6-10-20-13-15)24-12-9-16(14-24)23-18(25)26-19(2,3)4/h6-7,10,13,16H,5,8-9,11-12,14H2,1-4H3,(H,21,22)(H,23,25)/t16-/m1/s1. The number of guanidine groups is 1. The highest BCUT2D eigenvalue weighted by Crippen LogP contribution is 2.12. The summed E-state index contributed by atoms with van der Waals surface area (Å²) < 4.78 is 5.34. The molecule has 7 heteroatoms. The van der Waals surface area contributed by atoms with Crippen LogP contribution in [-0.2, 0) is 11.2 Å². The van der Waals surface area contributed by atoms with Crippen LogP contribution in [0.2, 0.25) is 0 Å². The van der Waals surface area contributed by atoms with E-state index in [1.165, 1.54) is 5.56 Å². The van der Waals surface area contributed by atoms with E-state index in [-0.39, 0.29) is 12.1 Å². The Morgan fingerprint density at radius 2 is 2.27 bits per heavy atom. The highest BCUT2D eigenvalue weighted by atomic mass is 16.6. The zero-order chi connectivity index (χ0) is 19.0. The van der Waals surface area contributed by atoms with Gasteiger partial charge in [0.15, 0.2) is 5.96 Å². The third-order valence-corrected chi connectivity index (χ3v) is 3.93. The average molecular weight is 361 g/mol. The lowest BCUT2D eigenvalue weighted by Crippen LogP contribution is -2.44. The smallest absolute Gasteiger partial charge is 0.407 e. The Balaban J connectivity index is 1.86. The molecule has 26 heavy (non-hydrogen) atoms. The molecule has 1 aromatic heterocycles. The number of amides is 1. The van der Waals surface area contributed by atoms with Crippen LogP contribution in [-0.4, -0.2) is 59.8 Å². The van der Waals surface area contributed by atoms with Gasteiger partial charge in [0.25, 0.3) is 0 Å². The van der Waals surface area contributed by atoms with E-state index in [1.54, 1.807) is 6.20 Å². The van der Waals surface area contributed by atoms with Crippen LogP contribution in [0.5, 0.6) is 0 Å². The van der Waals surface area contributed by atoms with Crippen molar-refractivity contribution in [1.82, 2.24) is 20.5 Å². The van der Waals surface area contributed by atoms with Crippen LogP contribution < -0.4 is 10.6 Å². The number of likely N-dealkylation sites (tertiary alicyclic amines) is 1. The zero-order valence-electron chi connectivity index (χ0n) is 16.3. The Bertz CT molecular complexity index is 598. The van der Waals surface area contributed by atoms with E-state index in [0.717, 1.165) is 38.4 Å². The highest BCUT2D eigenvalue weighted by molar-refractivity contribution is 5.80. The van der Waals surface area contributed by atoms with Crippen LogP contribution in [0.25, 0.3) is 0 Å². The molecular weight excluding hydrogens is 330 g/mol. The third-order valence-electron chi connectivity index (χ3n) is 3.93. The molecule has 1 fully saturated rings. The maximum Gasteiger partial charge on any atom is 0.407 e. The fourth-order valence-electron chi connectivity index (χ4n) is 2.81. The van der Waals surface area contributed by atoms with Gasteiger partial charge in [0.1, 0.15) is 5.60 Å². The van der Waals surface area contributed by atoms with Gasteiger partial charge < -0.3 is 20.3 Å². The number of aliphatic imine (C=N–C) groups is 1. The van der Waals surface area contributed by atoms with Gasteiger partial charge in [0, 0.05) is 38.6 Å². The second-order valence-corrected chi connectivity index (χ2v) is 7.42. The van der Waals surface area contributed by atoms with Crippen LogP contribution >= 0.6 is 0 Å². The molecule has 7 nitrogen and oxygen atoms in total. The number of hydrogen-bond donors (Lipinski definition) is 2. The molecule has 1 aromatic rings. The Morgan fingerprint density at radius 1 is 1.46 bits per heavy atom. The van der Waals surface area contributed by atoms with Gasteiger partial charge in [-0.25, -0.2) is 4.79 Å². The summed E-state index contributed by atoms with van der Waals surface area (Å²) in [7, 11) is 0. The normalized spacial score (nSPS) is 17.9. The summed E-state index contributed by atoms with van der Waals surface area (Å²) in [6.45, 7) is 10.8. The van der Waals surface area contributed by atoms with Crippen LogP contribution in [0, 0.1) is 0 Å². The Kier molecular flexibility index (Phi) is 7.24. The molecule has 2 N–H and O–H groups in total. The van der Waals surface area contributed by atoms with Gasteiger partial charge in [-0.1, -0.05) is 6.07 Å². The minimum absolute atomic E-state index is 0.0760. The van der Waals surface area contributed by atoms with E-state index in [1.807, 2.05) is 33.0 Å². The lowest BCUT2D eigenvalue weighted by Gasteiger charge is -2.23. The van der Waals surface area contributed by atoms with Crippen LogP contribution in [0.3, 0.4) is 0 Å². The minimum Gasteiger partial charge on any atom is -0.444 e. The number of alkyl carbamates (subject to hydrolysis) is 1. The number of carbonyl (C=O) groups is 1. The number of nitrogens with zero attached hydrogens (tertiary/aromatic N) is 3. The second kappa shape index (κ2) is 9.40. The van der Waals surface area contributed by atoms with Gasteiger partial charge in [0.2, 0.25) is 0 Å². The largest absolute Gasteiger partial charge is 0.444 e. The van der Waals surface area contributed by atoms with Gasteiger partial charge in [0.05, 0.1) is 6.04 Å². The predicted octanol–water partition coefficient (Wildman–Crippen LogP) is 2.19. The molecule has 0 spiro atoms. The van der Waals surface area contributed by atoms with Crippen molar-refractivity contribution in [2.75, 3.05) is 26.2 Å². The van der Waals surface area contributed by atoms with Crippen molar-refractivity contribution in [2.45, 2.75) is 52.2 Å². The van der Waals surface area contributed by atoms with E-state index in [9.17, 15) is 4.79 Å². The topological polar surface area (TPSA) is 78.9 Å². The molecule has 0 bridgehead atoms. The third kappa shape index (κ3) is 6.90. The van der Waals surface area contributed by atoms with Gasteiger partial charge in [-0.3, -0.25) is 9.98 Å². The van der Waals surface area contributed by atoms with Crippen molar-refractivity contribution in [3.63, 3.8) is 0 Å². The van der Waals surface area contributed by atoms with E-state index in [0.29, 0.717) is 6.54 Å². The van der Waals surface area contributed by atoms with Gasteiger partial charge in [-0.15, -0.1) is 0 Å².